The molecule has 37 heavy (non-hydrogen) atoms. The number of aliphatic hydroxyl groups excluding tert-OH is 1. The van der Waals surface area contributed by atoms with E-state index in [2.05, 4.69) is 91.8 Å². The number of nitrogens with one attached hydrogen (secondary N) is 1. The van der Waals surface area contributed by atoms with E-state index in [1.54, 1.807) is 0 Å². The molecule has 3 aromatic carbocycles. The summed E-state index contributed by atoms with van der Waals surface area (Å²) in [6, 6.07) is 16.6. The number of benzene rings is 3. The van der Waals surface area contributed by atoms with Crippen molar-refractivity contribution in [2.75, 3.05) is 0 Å². The zero-order valence-corrected chi connectivity index (χ0v) is 23.5. The fraction of sp³-hybridized carbons (Fsp3) is 0.382. The highest BCUT2D eigenvalue weighted by Crippen LogP contribution is 2.48. The van der Waals surface area contributed by atoms with Crippen molar-refractivity contribution >= 4 is 17.0 Å². The second-order valence-corrected chi connectivity index (χ2v) is 11.6. The van der Waals surface area contributed by atoms with Crippen molar-refractivity contribution in [1.82, 2.24) is 0 Å². The second-order valence-electron chi connectivity index (χ2n) is 11.6. The number of fused-ring (bicyclic) bond motifs is 1. The zero-order chi connectivity index (χ0) is 27.2. The van der Waals surface area contributed by atoms with Gasteiger partial charge < -0.3 is 15.6 Å². The maximum atomic E-state index is 11.8. The van der Waals surface area contributed by atoms with Crippen molar-refractivity contribution < 1.29 is 10.2 Å². The molecule has 1 aliphatic carbocycles. The van der Waals surface area contributed by atoms with Crippen LogP contribution in [0.25, 0.3) is 22.5 Å². The normalized spacial score (nSPS) is 13.9. The summed E-state index contributed by atoms with van der Waals surface area (Å²) < 4.78 is 0. The summed E-state index contributed by atoms with van der Waals surface area (Å²) in [5.41, 5.74) is 9.51. The van der Waals surface area contributed by atoms with Gasteiger partial charge in [-0.05, 0) is 62.6 Å². The van der Waals surface area contributed by atoms with Crippen molar-refractivity contribution in [3.05, 3.63) is 87.5 Å². The van der Waals surface area contributed by atoms with Crippen LogP contribution >= 0.6 is 0 Å². The van der Waals surface area contributed by atoms with Crippen LogP contribution in [-0.4, -0.2) is 15.9 Å². The summed E-state index contributed by atoms with van der Waals surface area (Å²) in [6.45, 7) is 17.3. The third-order valence-electron chi connectivity index (χ3n) is 7.67. The first-order valence-corrected chi connectivity index (χ1v) is 13.6. The molecule has 1 aliphatic rings. The van der Waals surface area contributed by atoms with Gasteiger partial charge in [0, 0.05) is 23.3 Å². The summed E-state index contributed by atoms with van der Waals surface area (Å²) in [5, 5.41) is 32.6. The van der Waals surface area contributed by atoms with Gasteiger partial charge in [0.1, 0.15) is 11.5 Å². The van der Waals surface area contributed by atoms with Gasteiger partial charge in [-0.25, -0.2) is 0 Å². The van der Waals surface area contributed by atoms with Crippen LogP contribution in [0, 0.1) is 5.41 Å². The van der Waals surface area contributed by atoms with Crippen molar-refractivity contribution in [2.24, 2.45) is 0 Å². The van der Waals surface area contributed by atoms with E-state index in [0.717, 1.165) is 33.4 Å². The Hall–Kier alpha value is -3.33. The number of aromatic hydroxyl groups is 1. The molecule has 0 unspecified atom stereocenters. The number of aliphatic hydroxyl groups is 1. The van der Waals surface area contributed by atoms with Crippen LogP contribution in [0.1, 0.15) is 118 Å². The smallest absolute Gasteiger partial charge is 0.136 e. The van der Waals surface area contributed by atoms with E-state index in [0.29, 0.717) is 23.3 Å². The van der Waals surface area contributed by atoms with Crippen LogP contribution in [0.15, 0.2) is 48.5 Å². The third-order valence-corrected chi connectivity index (χ3v) is 7.67. The zero-order valence-electron chi connectivity index (χ0n) is 23.5. The number of rotatable bonds is 6. The first-order valence-electron chi connectivity index (χ1n) is 13.6. The van der Waals surface area contributed by atoms with Gasteiger partial charge >= 0.3 is 0 Å². The summed E-state index contributed by atoms with van der Waals surface area (Å²) in [7, 11) is 0. The van der Waals surface area contributed by atoms with Gasteiger partial charge in [-0.3, -0.25) is 0 Å². The number of hydrogen-bond donors (Lipinski definition) is 3. The van der Waals surface area contributed by atoms with Crippen LogP contribution in [0.5, 0.6) is 5.75 Å². The van der Waals surface area contributed by atoms with E-state index in [9.17, 15) is 10.2 Å². The molecule has 0 saturated heterocycles. The monoisotopic (exact) mass is 495 g/mol. The number of phenols is 1. The van der Waals surface area contributed by atoms with E-state index in [4.69, 9.17) is 5.41 Å². The van der Waals surface area contributed by atoms with E-state index in [1.807, 2.05) is 12.1 Å². The van der Waals surface area contributed by atoms with E-state index >= 15 is 0 Å². The fourth-order valence-corrected chi connectivity index (χ4v) is 5.76. The first kappa shape index (κ1) is 26.7. The molecule has 3 heteroatoms. The van der Waals surface area contributed by atoms with E-state index in [-0.39, 0.29) is 35.2 Å². The Morgan fingerprint density at radius 3 is 1.46 bits per heavy atom. The first-order chi connectivity index (χ1) is 17.5. The lowest BCUT2D eigenvalue weighted by Crippen LogP contribution is -2.18. The lowest BCUT2D eigenvalue weighted by atomic mass is 9.77. The number of phenolic OH excluding ortho intramolecular Hbond substituents is 1. The molecule has 0 radical (unpaired) electrons. The van der Waals surface area contributed by atoms with Gasteiger partial charge in [0.25, 0.3) is 0 Å². The average molecular weight is 496 g/mol. The van der Waals surface area contributed by atoms with Crippen LogP contribution in [0.4, 0.5) is 0 Å². The van der Waals surface area contributed by atoms with Crippen molar-refractivity contribution in [3.63, 3.8) is 0 Å². The SMILES string of the molecule is CC(C)c1cccc(C(C)C)c1C1=C(O)c2c(ccc(-c3c(C(C)C)cccc3C(C)C)c2O)CC1=N. The van der Waals surface area contributed by atoms with Gasteiger partial charge in [0.2, 0.25) is 0 Å². The Morgan fingerprint density at radius 1 is 0.595 bits per heavy atom. The molecule has 0 saturated carbocycles. The summed E-state index contributed by atoms with van der Waals surface area (Å²) in [5.74, 6) is 1.13. The highest BCUT2D eigenvalue weighted by Gasteiger charge is 2.32. The molecular formula is C34H41NO2. The molecule has 4 rings (SSSR count). The maximum absolute atomic E-state index is 11.8. The standard InChI is InChI=1S/C34H41NO2/c1-18(2)23-11-9-12-24(19(3)4)30(23)27-16-15-22-17-28(35)32(34(37)29(22)33(27)36)31-25(20(5)6)13-10-14-26(31)21(7)8/h9-16,18-21,35-37H,17H2,1-8H3. The topological polar surface area (TPSA) is 64.3 Å². The van der Waals surface area contributed by atoms with Crippen LogP contribution in [-0.2, 0) is 6.42 Å². The Balaban J connectivity index is 2.06. The van der Waals surface area contributed by atoms with Gasteiger partial charge in [-0.1, -0.05) is 104 Å². The molecule has 0 aliphatic heterocycles. The minimum Gasteiger partial charge on any atom is -0.507 e. The maximum Gasteiger partial charge on any atom is 0.136 e. The molecule has 3 aromatic rings. The van der Waals surface area contributed by atoms with E-state index < -0.39 is 0 Å². The van der Waals surface area contributed by atoms with Gasteiger partial charge in [-0.15, -0.1) is 0 Å². The van der Waals surface area contributed by atoms with Gasteiger partial charge in [-0.2, -0.15) is 0 Å². The molecule has 3 nitrogen and oxygen atoms in total. The minimum atomic E-state index is 0.00808. The molecule has 0 aromatic heterocycles. The summed E-state index contributed by atoms with van der Waals surface area (Å²) in [6.07, 6.45) is 0.370. The number of allylic oxidation sites excluding steroid dienone is 1. The van der Waals surface area contributed by atoms with Crippen molar-refractivity contribution in [1.29, 1.82) is 5.41 Å². The number of hydrogen-bond acceptors (Lipinski definition) is 3. The lowest BCUT2D eigenvalue weighted by molar-refractivity contribution is 0.461. The minimum absolute atomic E-state index is 0.00808. The summed E-state index contributed by atoms with van der Waals surface area (Å²) in [4.78, 5) is 0. The molecule has 0 spiro atoms. The predicted octanol–water partition coefficient (Wildman–Crippen LogP) is 9.55. The molecule has 194 valence electrons. The second kappa shape index (κ2) is 10.2. The quantitative estimate of drug-likeness (QED) is 0.319. The predicted molar refractivity (Wildman–Crippen MR) is 157 cm³/mol. The van der Waals surface area contributed by atoms with Crippen molar-refractivity contribution in [2.45, 2.75) is 85.5 Å². The Morgan fingerprint density at radius 2 is 1.03 bits per heavy atom. The highest BCUT2D eigenvalue weighted by atomic mass is 16.3. The van der Waals surface area contributed by atoms with E-state index in [1.165, 1.54) is 11.1 Å². The lowest BCUT2D eigenvalue weighted by Gasteiger charge is -2.28. The van der Waals surface area contributed by atoms with Gasteiger partial charge in [0.15, 0.2) is 0 Å². The average Bonchev–Trinajstić information content (AvgIpc) is 2.83. The molecule has 0 amide bonds. The molecule has 3 N–H and O–H groups in total. The summed E-state index contributed by atoms with van der Waals surface area (Å²) >= 11 is 0. The molecule has 0 fully saturated rings. The third kappa shape index (κ3) is 4.61. The molecular weight excluding hydrogens is 454 g/mol. The fourth-order valence-electron chi connectivity index (χ4n) is 5.76. The Kier molecular flexibility index (Phi) is 7.37. The van der Waals surface area contributed by atoms with Crippen molar-refractivity contribution in [3.8, 4) is 16.9 Å². The molecule has 0 atom stereocenters. The molecule has 0 bridgehead atoms. The highest BCUT2D eigenvalue weighted by molar-refractivity contribution is 6.31. The van der Waals surface area contributed by atoms with Gasteiger partial charge in [0.05, 0.1) is 5.56 Å². The van der Waals surface area contributed by atoms with Crippen LogP contribution in [0.3, 0.4) is 0 Å². The van der Waals surface area contributed by atoms with Crippen LogP contribution < -0.4 is 0 Å². The Bertz CT molecular complexity index is 1340. The Labute approximate surface area is 222 Å². The largest absolute Gasteiger partial charge is 0.507 e. The van der Waals surface area contributed by atoms with Crippen LogP contribution in [0.2, 0.25) is 0 Å². The molecule has 0 heterocycles.